The molecule has 5 rings (SSSR count). The minimum absolute atomic E-state index is 0.406. The van der Waals surface area contributed by atoms with Gasteiger partial charge in [0.2, 0.25) is 5.88 Å². The number of rotatable bonds is 6. The molecule has 0 aliphatic carbocycles. The summed E-state index contributed by atoms with van der Waals surface area (Å²) >= 11 is 0. The Hall–Kier alpha value is -3.37. The minimum Gasteiger partial charge on any atom is -0.480 e. The van der Waals surface area contributed by atoms with E-state index in [2.05, 4.69) is 60.2 Å². The molecule has 0 amide bonds. The average molecular weight is 464 g/mol. The van der Waals surface area contributed by atoms with E-state index < -0.39 is 11.5 Å². The Kier molecular flexibility index (Phi) is 6.25. The van der Waals surface area contributed by atoms with Crippen molar-refractivity contribution in [1.29, 1.82) is 0 Å². The summed E-state index contributed by atoms with van der Waals surface area (Å²) in [5.74, 6) is 1.17. The topological polar surface area (TPSA) is 110 Å². The Bertz CT molecular complexity index is 1150. The lowest BCUT2D eigenvalue weighted by Crippen LogP contribution is -2.46. The van der Waals surface area contributed by atoms with E-state index in [1.165, 1.54) is 7.11 Å². The third-order valence-corrected chi connectivity index (χ3v) is 6.85. The first-order valence-corrected chi connectivity index (χ1v) is 11.5. The highest BCUT2D eigenvalue weighted by Crippen LogP contribution is 2.43. The van der Waals surface area contributed by atoms with Crippen LogP contribution < -0.4 is 14.5 Å². The van der Waals surface area contributed by atoms with Gasteiger partial charge in [-0.1, -0.05) is 6.08 Å². The highest BCUT2D eigenvalue weighted by molar-refractivity contribution is 5.91. The van der Waals surface area contributed by atoms with E-state index in [4.69, 9.17) is 9.47 Å². The third-order valence-electron chi connectivity index (χ3n) is 6.85. The van der Waals surface area contributed by atoms with Crippen LogP contribution in [-0.2, 0) is 4.74 Å². The van der Waals surface area contributed by atoms with Gasteiger partial charge in [-0.2, -0.15) is 0 Å². The third kappa shape index (κ3) is 4.14. The van der Waals surface area contributed by atoms with Crippen LogP contribution in [0.5, 0.6) is 5.88 Å². The van der Waals surface area contributed by atoms with Crippen molar-refractivity contribution < 1.29 is 14.6 Å². The quantitative estimate of drug-likeness (QED) is 0.546. The molecule has 1 N–H and O–H groups in total. The fraction of sp³-hybridized carbons (Fsp3) is 0.458. The van der Waals surface area contributed by atoms with Gasteiger partial charge in [-0.25, -0.2) is 0 Å². The molecule has 3 aromatic rings. The summed E-state index contributed by atoms with van der Waals surface area (Å²) in [6.07, 6.45) is 2.62. The van der Waals surface area contributed by atoms with Crippen molar-refractivity contribution >= 4 is 22.4 Å². The molecule has 0 spiro atoms. The molecule has 10 nitrogen and oxygen atoms in total. The van der Waals surface area contributed by atoms with Crippen molar-refractivity contribution in [3.8, 4) is 5.88 Å². The number of hydrogen-bond acceptors (Lipinski definition) is 10. The molecule has 2 aliphatic rings. The second-order valence-corrected chi connectivity index (χ2v) is 8.78. The number of anilines is 2. The number of nitrogens with zero attached hydrogens (tertiary/aromatic N) is 7. The van der Waals surface area contributed by atoms with Crippen molar-refractivity contribution in [2.45, 2.75) is 18.9 Å². The first kappa shape index (κ1) is 22.4. The molecular weight excluding hydrogens is 434 g/mol. The second-order valence-electron chi connectivity index (χ2n) is 8.78. The maximum Gasteiger partial charge on any atom is 0.233 e. The zero-order valence-corrected chi connectivity index (χ0v) is 19.3. The number of hydrogen-bond donors (Lipinski definition) is 1. The number of ether oxygens (including phenoxy) is 2. The Morgan fingerprint density at radius 1 is 1.09 bits per heavy atom. The molecule has 2 atom stereocenters. The molecular formula is C24H29N7O3. The first-order valence-electron chi connectivity index (χ1n) is 11.5. The summed E-state index contributed by atoms with van der Waals surface area (Å²) < 4.78 is 10.6. The molecule has 0 radical (unpaired) electrons. The smallest absolute Gasteiger partial charge is 0.233 e. The molecule has 1 aromatic carbocycles. The van der Waals surface area contributed by atoms with E-state index in [-0.39, 0.29) is 0 Å². The van der Waals surface area contributed by atoms with Crippen LogP contribution >= 0.6 is 0 Å². The lowest BCUT2D eigenvalue weighted by Gasteiger charge is -2.44. The maximum atomic E-state index is 11.3. The largest absolute Gasteiger partial charge is 0.480 e. The van der Waals surface area contributed by atoms with Crippen molar-refractivity contribution in [2.24, 2.45) is 5.41 Å². The van der Waals surface area contributed by atoms with E-state index in [1.807, 2.05) is 6.08 Å². The zero-order valence-electron chi connectivity index (χ0n) is 19.3. The summed E-state index contributed by atoms with van der Waals surface area (Å²) in [7, 11) is 1.54. The number of aliphatic hydroxyl groups is 1. The molecule has 2 aliphatic heterocycles. The molecule has 2 fully saturated rings. The number of morpholine rings is 1. The standard InChI is InChI=1S/C24H29N7O3/c1-3-24(22(32)19-7-8-21(33-2)27-25-19)9-4-10-31(16-24)23-18-6-5-17(15-20(18)26-29-28-23)30-11-13-34-14-12-30/h3,5-8,15,22,32H,1,4,9-14,16H2,2H3/t22-,24+/m1/s1. The molecule has 2 saturated heterocycles. The van der Waals surface area contributed by atoms with E-state index in [9.17, 15) is 5.11 Å². The lowest BCUT2D eigenvalue weighted by atomic mass is 9.74. The van der Waals surface area contributed by atoms with Crippen LogP contribution in [0.25, 0.3) is 10.9 Å². The average Bonchev–Trinajstić information content (AvgIpc) is 2.92. The number of aromatic nitrogens is 5. The number of aliphatic hydroxyl groups excluding tert-OH is 1. The van der Waals surface area contributed by atoms with Crippen LogP contribution in [0.15, 0.2) is 43.0 Å². The highest BCUT2D eigenvalue weighted by atomic mass is 16.5. The van der Waals surface area contributed by atoms with Crippen LogP contribution in [0.3, 0.4) is 0 Å². The van der Waals surface area contributed by atoms with Crippen LogP contribution in [0.4, 0.5) is 11.5 Å². The van der Waals surface area contributed by atoms with Crippen LogP contribution in [0.1, 0.15) is 24.6 Å². The van der Waals surface area contributed by atoms with Gasteiger partial charge in [-0.05, 0) is 42.3 Å². The van der Waals surface area contributed by atoms with Gasteiger partial charge in [0.15, 0.2) is 5.82 Å². The van der Waals surface area contributed by atoms with Gasteiger partial charge < -0.3 is 24.4 Å². The first-order chi connectivity index (χ1) is 16.6. The summed E-state index contributed by atoms with van der Waals surface area (Å²) in [6.45, 7) is 8.57. The van der Waals surface area contributed by atoms with E-state index >= 15 is 0 Å². The highest BCUT2D eigenvalue weighted by Gasteiger charge is 2.41. The van der Waals surface area contributed by atoms with Crippen LogP contribution in [0.2, 0.25) is 0 Å². The normalized spacial score (nSPS) is 21.9. The number of methoxy groups -OCH3 is 1. The van der Waals surface area contributed by atoms with E-state index in [1.54, 1.807) is 12.1 Å². The van der Waals surface area contributed by atoms with Crippen molar-refractivity contribution in [3.63, 3.8) is 0 Å². The van der Waals surface area contributed by atoms with E-state index in [0.717, 1.165) is 68.1 Å². The molecule has 0 unspecified atom stereocenters. The summed E-state index contributed by atoms with van der Waals surface area (Å²) in [5, 5.41) is 33.2. The fourth-order valence-electron chi connectivity index (χ4n) is 4.88. The molecule has 34 heavy (non-hydrogen) atoms. The predicted molar refractivity (Wildman–Crippen MR) is 128 cm³/mol. The van der Waals surface area contributed by atoms with Crippen molar-refractivity contribution in [3.05, 3.63) is 48.7 Å². The van der Waals surface area contributed by atoms with Gasteiger partial charge in [-0.15, -0.1) is 27.0 Å². The fourth-order valence-corrected chi connectivity index (χ4v) is 4.88. The predicted octanol–water partition coefficient (Wildman–Crippen LogP) is 2.17. The molecule has 0 saturated carbocycles. The van der Waals surface area contributed by atoms with Crippen LogP contribution in [-0.4, -0.2) is 77.2 Å². The van der Waals surface area contributed by atoms with Crippen molar-refractivity contribution in [1.82, 2.24) is 25.6 Å². The molecule has 2 aromatic heterocycles. The SMILES string of the molecule is C=C[C@]1([C@H](O)c2ccc(OC)nn2)CCCN(c2nnnc3cc(N4CCOCC4)ccc23)C1. The summed E-state index contributed by atoms with van der Waals surface area (Å²) in [5.41, 5.74) is 1.79. The number of benzene rings is 1. The zero-order chi connectivity index (χ0) is 23.5. The minimum atomic E-state index is -0.861. The molecule has 0 bridgehead atoms. The maximum absolute atomic E-state index is 11.3. The lowest BCUT2D eigenvalue weighted by molar-refractivity contribution is 0.0423. The van der Waals surface area contributed by atoms with E-state index in [0.29, 0.717) is 18.1 Å². The Balaban J connectivity index is 1.43. The van der Waals surface area contributed by atoms with Gasteiger partial charge in [0.05, 0.1) is 26.0 Å². The van der Waals surface area contributed by atoms with Gasteiger partial charge >= 0.3 is 0 Å². The number of fused-ring (bicyclic) bond motifs is 1. The Labute approximate surface area is 198 Å². The van der Waals surface area contributed by atoms with Gasteiger partial charge in [0.25, 0.3) is 0 Å². The van der Waals surface area contributed by atoms with Crippen LogP contribution in [0, 0.1) is 5.41 Å². The van der Waals surface area contributed by atoms with Crippen molar-refractivity contribution in [2.75, 3.05) is 56.3 Å². The monoisotopic (exact) mass is 463 g/mol. The summed E-state index contributed by atoms with van der Waals surface area (Å²) in [4.78, 5) is 4.46. The molecule has 178 valence electrons. The second kappa shape index (κ2) is 9.47. The van der Waals surface area contributed by atoms with Gasteiger partial charge in [0.1, 0.15) is 11.6 Å². The van der Waals surface area contributed by atoms with Gasteiger partial charge in [0, 0.05) is 48.7 Å². The van der Waals surface area contributed by atoms with Gasteiger partial charge in [-0.3, -0.25) is 0 Å². The Morgan fingerprint density at radius 3 is 2.68 bits per heavy atom. The molecule has 4 heterocycles. The summed E-state index contributed by atoms with van der Waals surface area (Å²) in [6, 6.07) is 9.68. The molecule has 10 heteroatoms. The number of piperidine rings is 1. The Morgan fingerprint density at radius 2 is 1.94 bits per heavy atom.